The van der Waals surface area contributed by atoms with Crippen molar-refractivity contribution in [2.75, 3.05) is 4.90 Å². The molecule has 1 saturated heterocycles. The van der Waals surface area contributed by atoms with Crippen LogP contribution in [-0.4, -0.2) is 21.8 Å². The molecule has 1 aromatic heterocycles. The van der Waals surface area contributed by atoms with Crippen molar-refractivity contribution in [2.45, 2.75) is 39.2 Å². The highest BCUT2D eigenvalue weighted by Gasteiger charge is 2.47. The van der Waals surface area contributed by atoms with E-state index < -0.39 is 17.7 Å². The monoisotopic (exact) mass is 426 g/mol. The van der Waals surface area contributed by atoms with Crippen LogP contribution in [-0.2, 0) is 15.0 Å². The Hall–Kier alpha value is -3.73. The van der Waals surface area contributed by atoms with Crippen LogP contribution in [0.2, 0.25) is 0 Å². The summed E-state index contributed by atoms with van der Waals surface area (Å²) in [6.07, 6.45) is 1.58. The van der Waals surface area contributed by atoms with Crippen LogP contribution < -0.4 is 4.90 Å². The molecule has 1 atom stereocenters. The van der Waals surface area contributed by atoms with E-state index in [0.717, 1.165) is 16.7 Å². The van der Waals surface area contributed by atoms with E-state index in [4.69, 9.17) is 0 Å². The summed E-state index contributed by atoms with van der Waals surface area (Å²) in [5, 5.41) is 11.1. The molecule has 1 aliphatic heterocycles. The van der Waals surface area contributed by atoms with E-state index in [9.17, 15) is 14.7 Å². The van der Waals surface area contributed by atoms with Gasteiger partial charge < -0.3 is 5.11 Å². The van der Waals surface area contributed by atoms with Gasteiger partial charge in [0.05, 0.1) is 11.6 Å². The largest absolute Gasteiger partial charge is 0.507 e. The number of rotatable bonds is 3. The second-order valence-corrected chi connectivity index (χ2v) is 9.10. The standard InChI is InChI=1S/C27H26N2O3/c1-17-8-10-19(11-9-17)24(30)22-23(18-12-14-20(15-13-18)27(2,3)4)29(26(32)25(22)31)21-7-5-6-16-28-21/h5-16,23,30H,1-4H3/t23-/m1/s1. The lowest BCUT2D eigenvalue weighted by Crippen LogP contribution is -2.30. The predicted octanol–water partition coefficient (Wildman–Crippen LogP) is 5.31. The molecule has 1 amide bonds. The molecule has 1 aliphatic rings. The summed E-state index contributed by atoms with van der Waals surface area (Å²) in [5.74, 6) is -1.25. The van der Waals surface area contributed by atoms with Gasteiger partial charge in [0.1, 0.15) is 11.6 Å². The van der Waals surface area contributed by atoms with Gasteiger partial charge in [-0.3, -0.25) is 14.5 Å². The Morgan fingerprint density at radius 2 is 1.59 bits per heavy atom. The molecule has 2 heterocycles. The van der Waals surface area contributed by atoms with Crippen molar-refractivity contribution in [3.63, 3.8) is 0 Å². The summed E-state index contributed by atoms with van der Waals surface area (Å²) >= 11 is 0. The minimum Gasteiger partial charge on any atom is -0.507 e. The first-order valence-electron chi connectivity index (χ1n) is 10.6. The van der Waals surface area contributed by atoms with Crippen LogP contribution in [0.15, 0.2) is 78.5 Å². The Balaban J connectivity index is 1.91. The third kappa shape index (κ3) is 3.82. The van der Waals surface area contributed by atoms with Crippen molar-refractivity contribution >= 4 is 23.3 Å². The minimum absolute atomic E-state index is 0.0385. The first-order valence-corrected chi connectivity index (χ1v) is 10.6. The Kier molecular flexibility index (Phi) is 5.43. The zero-order chi connectivity index (χ0) is 23.0. The van der Waals surface area contributed by atoms with Crippen molar-refractivity contribution in [1.29, 1.82) is 0 Å². The van der Waals surface area contributed by atoms with Crippen molar-refractivity contribution in [3.05, 3.63) is 101 Å². The van der Waals surface area contributed by atoms with Crippen LogP contribution >= 0.6 is 0 Å². The number of hydrogen-bond donors (Lipinski definition) is 1. The van der Waals surface area contributed by atoms with Gasteiger partial charge in [-0.15, -0.1) is 0 Å². The van der Waals surface area contributed by atoms with E-state index in [1.165, 1.54) is 4.90 Å². The molecule has 0 spiro atoms. The van der Waals surface area contributed by atoms with Crippen molar-refractivity contribution in [1.82, 2.24) is 4.98 Å². The number of carbonyl (C=O) groups is 2. The number of hydrogen-bond acceptors (Lipinski definition) is 4. The molecule has 0 unspecified atom stereocenters. The van der Waals surface area contributed by atoms with Gasteiger partial charge in [-0.05, 0) is 35.6 Å². The van der Waals surface area contributed by atoms with Gasteiger partial charge in [-0.2, -0.15) is 0 Å². The van der Waals surface area contributed by atoms with Crippen molar-refractivity contribution < 1.29 is 14.7 Å². The topological polar surface area (TPSA) is 70.5 Å². The first-order chi connectivity index (χ1) is 15.2. The summed E-state index contributed by atoms with van der Waals surface area (Å²) < 4.78 is 0. The smallest absolute Gasteiger partial charge is 0.301 e. The maximum absolute atomic E-state index is 13.1. The second-order valence-electron chi connectivity index (χ2n) is 9.10. The van der Waals surface area contributed by atoms with Gasteiger partial charge in [-0.1, -0.05) is 80.9 Å². The predicted molar refractivity (Wildman–Crippen MR) is 125 cm³/mol. The Labute approximate surface area is 188 Å². The Bertz CT molecular complexity index is 1190. The maximum Gasteiger partial charge on any atom is 0.301 e. The molecule has 0 saturated carbocycles. The minimum atomic E-state index is -0.778. The van der Waals surface area contributed by atoms with Gasteiger partial charge in [0.25, 0.3) is 5.78 Å². The molecule has 5 heteroatoms. The molecule has 2 aromatic carbocycles. The molecule has 162 valence electrons. The maximum atomic E-state index is 13.1. The van der Waals surface area contributed by atoms with E-state index in [-0.39, 0.29) is 16.7 Å². The summed E-state index contributed by atoms with van der Waals surface area (Å²) in [5.41, 5.74) is 3.42. The summed E-state index contributed by atoms with van der Waals surface area (Å²) in [4.78, 5) is 31.9. The van der Waals surface area contributed by atoms with Crippen LogP contribution in [0.1, 0.15) is 49.1 Å². The second kappa shape index (κ2) is 8.08. The van der Waals surface area contributed by atoms with Crippen LogP contribution in [0, 0.1) is 6.92 Å². The number of aromatic nitrogens is 1. The average molecular weight is 427 g/mol. The highest BCUT2D eigenvalue weighted by Crippen LogP contribution is 2.41. The van der Waals surface area contributed by atoms with E-state index in [1.807, 2.05) is 43.3 Å². The fourth-order valence-corrected chi connectivity index (χ4v) is 3.91. The lowest BCUT2D eigenvalue weighted by atomic mass is 9.85. The molecule has 0 bridgehead atoms. The molecule has 1 fully saturated rings. The van der Waals surface area contributed by atoms with Gasteiger partial charge in [-0.25, -0.2) is 4.98 Å². The number of ketones is 1. The SMILES string of the molecule is Cc1ccc(C(O)=C2C(=O)C(=O)N(c3ccccn3)[C@@H]2c2ccc(C(C)(C)C)cc2)cc1. The molecule has 3 aromatic rings. The lowest BCUT2D eigenvalue weighted by molar-refractivity contribution is -0.132. The van der Waals surface area contributed by atoms with Crippen LogP contribution in [0.3, 0.4) is 0 Å². The highest BCUT2D eigenvalue weighted by atomic mass is 16.3. The summed E-state index contributed by atoms with van der Waals surface area (Å²) in [7, 11) is 0. The van der Waals surface area contributed by atoms with Crippen molar-refractivity contribution in [3.8, 4) is 0 Å². The molecule has 32 heavy (non-hydrogen) atoms. The summed E-state index contributed by atoms with van der Waals surface area (Å²) in [6.45, 7) is 8.32. The van der Waals surface area contributed by atoms with E-state index in [0.29, 0.717) is 11.4 Å². The van der Waals surface area contributed by atoms with E-state index in [1.54, 1.807) is 36.5 Å². The number of aliphatic hydroxyl groups is 1. The van der Waals surface area contributed by atoms with Gasteiger partial charge in [0, 0.05) is 11.8 Å². The molecule has 0 aliphatic carbocycles. The normalized spacial score (nSPS) is 18.2. The number of benzene rings is 2. The van der Waals surface area contributed by atoms with Gasteiger partial charge >= 0.3 is 5.91 Å². The average Bonchev–Trinajstić information content (AvgIpc) is 3.04. The molecule has 5 nitrogen and oxygen atoms in total. The van der Waals surface area contributed by atoms with Crippen molar-refractivity contribution in [2.24, 2.45) is 0 Å². The third-order valence-corrected chi connectivity index (χ3v) is 5.76. The van der Waals surface area contributed by atoms with Gasteiger partial charge in [0.2, 0.25) is 0 Å². The lowest BCUT2D eigenvalue weighted by Gasteiger charge is -2.25. The molecule has 4 rings (SSSR count). The number of aliphatic hydroxyl groups excluding tert-OH is 1. The molecular weight excluding hydrogens is 400 g/mol. The van der Waals surface area contributed by atoms with Gasteiger partial charge in [0.15, 0.2) is 0 Å². The number of pyridine rings is 1. The van der Waals surface area contributed by atoms with Crippen LogP contribution in [0.4, 0.5) is 5.82 Å². The fourth-order valence-electron chi connectivity index (χ4n) is 3.91. The third-order valence-electron chi connectivity index (χ3n) is 5.76. The van der Waals surface area contributed by atoms with Crippen LogP contribution in [0.5, 0.6) is 0 Å². The van der Waals surface area contributed by atoms with E-state index >= 15 is 0 Å². The number of carbonyl (C=O) groups excluding carboxylic acids is 2. The highest BCUT2D eigenvalue weighted by molar-refractivity contribution is 6.51. The quantitative estimate of drug-likeness (QED) is 0.350. The number of Topliss-reactive ketones (excluding diaryl/α,β-unsaturated/α-hetero) is 1. The first kappa shape index (κ1) is 21.5. The zero-order valence-electron chi connectivity index (χ0n) is 18.7. The zero-order valence-corrected chi connectivity index (χ0v) is 18.7. The number of aryl methyl sites for hydroxylation is 1. The van der Waals surface area contributed by atoms with Crippen LogP contribution in [0.25, 0.3) is 5.76 Å². The number of nitrogens with zero attached hydrogens (tertiary/aromatic N) is 2. The van der Waals surface area contributed by atoms with E-state index in [2.05, 4.69) is 25.8 Å². The number of anilines is 1. The number of amides is 1. The summed E-state index contributed by atoms with van der Waals surface area (Å²) in [6, 6.07) is 19.5. The molecular formula is C27H26N2O3. The molecule has 0 radical (unpaired) electrons. The Morgan fingerprint density at radius 3 is 2.16 bits per heavy atom. The fraction of sp³-hybridized carbons (Fsp3) is 0.222. The molecule has 1 N–H and O–H groups in total. The Morgan fingerprint density at radius 1 is 0.938 bits per heavy atom.